The first-order valence-corrected chi connectivity index (χ1v) is 7.09. The van der Waals surface area contributed by atoms with Crippen molar-refractivity contribution in [3.8, 4) is 0 Å². The van der Waals surface area contributed by atoms with Gasteiger partial charge in [0.25, 0.3) is 5.69 Å². The van der Waals surface area contributed by atoms with Crippen molar-refractivity contribution in [2.75, 3.05) is 0 Å². The summed E-state index contributed by atoms with van der Waals surface area (Å²) in [6.07, 6.45) is 0.618. The summed E-state index contributed by atoms with van der Waals surface area (Å²) in [4.78, 5) is 10.8. The second kappa shape index (κ2) is 7.42. The van der Waals surface area contributed by atoms with Crippen LogP contribution in [0.2, 0.25) is 0 Å². The lowest BCUT2D eigenvalue weighted by atomic mass is 10.1. The lowest BCUT2D eigenvalue weighted by molar-refractivity contribution is -0.384. The second-order valence-electron chi connectivity index (χ2n) is 4.70. The number of nitro benzene ring substituents is 1. The molecule has 0 spiro atoms. The highest BCUT2D eigenvalue weighted by atomic mass is 32.1. The van der Waals surface area contributed by atoms with Crippen LogP contribution in [0.25, 0.3) is 0 Å². The Balaban J connectivity index is 1.97. The molecule has 0 aliphatic rings. The van der Waals surface area contributed by atoms with Gasteiger partial charge in [0.1, 0.15) is 4.99 Å². The number of thiocarbonyl (C=S) groups is 1. The molecule has 22 heavy (non-hydrogen) atoms. The van der Waals surface area contributed by atoms with Crippen LogP contribution in [0.1, 0.15) is 18.1 Å². The van der Waals surface area contributed by atoms with E-state index in [2.05, 4.69) is 10.5 Å². The zero-order chi connectivity index (χ0) is 15.9. The maximum Gasteiger partial charge on any atom is 0.269 e. The number of hydrogen-bond acceptors (Lipinski definition) is 4. The van der Waals surface area contributed by atoms with Gasteiger partial charge < -0.3 is 0 Å². The molecule has 112 valence electrons. The number of benzene rings is 2. The first kappa shape index (κ1) is 15.8. The van der Waals surface area contributed by atoms with Crippen molar-refractivity contribution in [3.05, 3.63) is 75.8 Å². The molecule has 2 rings (SSSR count). The maximum atomic E-state index is 10.6. The van der Waals surface area contributed by atoms with E-state index in [-0.39, 0.29) is 5.69 Å². The zero-order valence-corrected chi connectivity index (χ0v) is 12.8. The van der Waals surface area contributed by atoms with Crippen LogP contribution in [-0.2, 0) is 6.42 Å². The minimum Gasteiger partial charge on any atom is -0.271 e. The lowest BCUT2D eigenvalue weighted by Crippen LogP contribution is -2.19. The molecule has 0 atom stereocenters. The number of hydrogen-bond donors (Lipinski definition) is 1. The third-order valence-electron chi connectivity index (χ3n) is 3.05. The molecule has 1 N–H and O–H groups in total. The van der Waals surface area contributed by atoms with Gasteiger partial charge in [-0.3, -0.25) is 15.5 Å². The van der Waals surface area contributed by atoms with E-state index < -0.39 is 4.92 Å². The van der Waals surface area contributed by atoms with E-state index in [4.69, 9.17) is 12.2 Å². The average Bonchev–Trinajstić information content (AvgIpc) is 2.53. The zero-order valence-electron chi connectivity index (χ0n) is 12.0. The molecule has 0 saturated carbocycles. The highest BCUT2D eigenvalue weighted by Gasteiger charge is 2.05. The normalized spacial score (nSPS) is 11.0. The molecule has 0 aromatic heterocycles. The summed E-state index contributed by atoms with van der Waals surface area (Å²) in [5.41, 5.74) is 5.55. The van der Waals surface area contributed by atoms with Crippen LogP contribution in [-0.4, -0.2) is 15.6 Å². The molecule has 0 saturated heterocycles. The summed E-state index contributed by atoms with van der Waals surface area (Å²) in [6.45, 7) is 1.82. The minimum atomic E-state index is -0.427. The molecule has 0 heterocycles. The van der Waals surface area contributed by atoms with E-state index in [9.17, 15) is 10.1 Å². The Morgan fingerprint density at radius 2 is 1.82 bits per heavy atom. The van der Waals surface area contributed by atoms with Crippen LogP contribution in [0.5, 0.6) is 0 Å². The van der Waals surface area contributed by atoms with Crippen molar-refractivity contribution in [2.45, 2.75) is 13.3 Å². The molecule has 0 radical (unpaired) electrons. The number of nitro groups is 1. The van der Waals surface area contributed by atoms with E-state index in [1.54, 1.807) is 12.1 Å². The summed E-state index contributed by atoms with van der Waals surface area (Å²) in [5, 5.41) is 14.8. The fourth-order valence-electron chi connectivity index (χ4n) is 1.86. The predicted octanol–water partition coefficient (Wildman–Crippen LogP) is 3.48. The first-order chi connectivity index (χ1) is 10.6. The number of non-ortho nitro benzene ring substituents is 1. The smallest absolute Gasteiger partial charge is 0.269 e. The van der Waals surface area contributed by atoms with Gasteiger partial charge >= 0.3 is 0 Å². The molecule has 0 fully saturated rings. The van der Waals surface area contributed by atoms with Gasteiger partial charge in [-0.2, -0.15) is 5.10 Å². The van der Waals surface area contributed by atoms with Crippen LogP contribution < -0.4 is 5.43 Å². The molecule has 0 aliphatic heterocycles. The van der Waals surface area contributed by atoms with Gasteiger partial charge in [0.15, 0.2) is 0 Å². The monoisotopic (exact) mass is 313 g/mol. The van der Waals surface area contributed by atoms with Crippen LogP contribution in [0, 0.1) is 10.1 Å². The second-order valence-corrected chi connectivity index (χ2v) is 5.19. The molecule has 2 aromatic rings. The molecular formula is C16H15N3O2S. The Labute approximate surface area is 133 Å². The number of nitrogens with zero attached hydrogens (tertiary/aromatic N) is 2. The van der Waals surface area contributed by atoms with Crippen molar-refractivity contribution >= 4 is 28.6 Å². The molecule has 0 amide bonds. The summed E-state index contributed by atoms with van der Waals surface area (Å²) < 4.78 is 0. The Bertz CT molecular complexity index is 697. The maximum absolute atomic E-state index is 10.6. The topological polar surface area (TPSA) is 67.5 Å². The Morgan fingerprint density at radius 3 is 2.41 bits per heavy atom. The highest BCUT2D eigenvalue weighted by molar-refractivity contribution is 7.80. The van der Waals surface area contributed by atoms with Gasteiger partial charge in [-0.25, -0.2) is 0 Å². The Hall–Kier alpha value is -2.60. The SMILES string of the molecule is C/C(=N\NC(=S)Cc1ccccc1)c1ccc([N+](=O)[O-])cc1. The van der Waals surface area contributed by atoms with Crippen molar-refractivity contribution in [1.29, 1.82) is 0 Å². The van der Waals surface area contributed by atoms with E-state index >= 15 is 0 Å². The quantitative estimate of drug-likeness (QED) is 0.397. The van der Waals surface area contributed by atoms with E-state index in [1.165, 1.54) is 12.1 Å². The van der Waals surface area contributed by atoms with Gasteiger partial charge in [0, 0.05) is 18.6 Å². The number of nitrogens with one attached hydrogen (secondary N) is 1. The predicted molar refractivity (Wildman–Crippen MR) is 91.2 cm³/mol. The van der Waals surface area contributed by atoms with Crippen LogP contribution in [0.3, 0.4) is 0 Å². The summed E-state index contributed by atoms with van der Waals surface area (Å²) in [7, 11) is 0. The van der Waals surface area contributed by atoms with Gasteiger partial charge in [-0.05, 0) is 30.2 Å². The van der Waals surface area contributed by atoms with E-state index in [1.807, 2.05) is 37.3 Å². The van der Waals surface area contributed by atoms with Crippen molar-refractivity contribution in [2.24, 2.45) is 5.10 Å². The van der Waals surface area contributed by atoms with Crippen molar-refractivity contribution in [1.82, 2.24) is 5.43 Å². The molecule has 2 aromatic carbocycles. The van der Waals surface area contributed by atoms with Crippen LogP contribution in [0.15, 0.2) is 59.7 Å². The lowest BCUT2D eigenvalue weighted by Gasteiger charge is -2.05. The molecule has 6 heteroatoms. The summed E-state index contributed by atoms with van der Waals surface area (Å²) in [5.74, 6) is 0. The van der Waals surface area contributed by atoms with E-state index in [0.717, 1.165) is 11.1 Å². The fourth-order valence-corrected chi connectivity index (χ4v) is 2.07. The molecule has 5 nitrogen and oxygen atoms in total. The Kier molecular flexibility index (Phi) is 5.32. The van der Waals surface area contributed by atoms with E-state index in [0.29, 0.717) is 17.1 Å². The number of rotatable bonds is 5. The number of hydrazone groups is 1. The van der Waals surface area contributed by atoms with Crippen molar-refractivity contribution in [3.63, 3.8) is 0 Å². The van der Waals surface area contributed by atoms with Gasteiger partial charge in [0.05, 0.1) is 10.6 Å². The summed E-state index contributed by atoms with van der Waals surface area (Å²) in [6, 6.07) is 16.1. The molecule has 0 bridgehead atoms. The average molecular weight is 313 g/mol. The first-order valence-electron chi connectivity index (χ1n) is 6.68. The largest absolute Gasteiger partial charge is 0.271 e. The van der Waals surface area contributed by atoms with Gasteiger partial charge in [-0.1, -0.05) is 42.5 Å². The third-order valence-corrected chi connectivity index (χ3v) is 3.29. The molecule has 0 unspecified atom stereocenters. The minimum absolute atomic E-state index is 0.0594. The van der Waals surface area contributed by atoms with Crippen LogP contribution >= 0.6 is 12.2 Å². The van der Waals surface area contributed by atoms with Gasteiger partial charge in [-0.15, -0.1) is 0 Å². The third kappa shape index (κ3) is 4.46. The van der Waals surface area contributed by atoms with Crippen LogP contribution in [0.4, 0.5) is 5.69 Å². The highest BCUT2D eigenvalue weighted by Crippen LogP contribution is 2.12. The molecule has 0 aliphatic carbocycles. The fraction of sp³-hybridized carbons (Fsp3) is 0.125. The Morgan fingerprint density at radius 1 is 1.18 bits per heavy atom. The standard InChI is InChI=1S/C16H15N3O2S/c1-12(14-7-9-15(10-8-14)19(20)21)17-18-16(22)11-13-5-3-2-4-6-13/h2-10H,11H2,1H3,(H,18,22)/b17-12+. The van der Waals surface area contributed by atoms with Gasteiger partial charge in [0.2, 0.25) is 0 Å². The molecular weight excluding hydrogens is 298 g/mol. The summed E-state index contributed by atoms with van der Waals surface area (Å²) >= 11 is 5.25. The van der Waals surface area contributed by atoms with Crippen molar-refractivity contribution < 1.29 is 4.92 Å².